The second kappa shape index (κ2) is 8.38. The molecule has 1 aliphatic rings. The van der Waals surface area contributed by atoms with Crippen LogP contribution in [0.1, 0.15) is 35.7 Å². The van der Waals surface area contributed by atoms with Gasteiger partial charge >= 0.3 is 0 Å². The third kappa shape index (κ3) is 4.51. The average Bonchev–Trinajstić information content (AvgIpc) is 2.67. The number of halogens is 1. The predicted octanol–water partition coefficient (Wildman–Crippen LogP) is 3.99. The molecule has 0 atom stereocenters. The van der Waals surface area contributed by atoms with Crippen LogP contribution in [0.25, 0.3) is 0 Å². The maximum atomic E-state index is 12.6. The Balaban J connectivity index is 1.88. The molecule has 0 aliphatic carbocycles. The quantitative estimate of drug-likeness (QED) is 0.542. The van der Waals surface area contributed by atoms with Gasteiger partial charge in [-0.15, -0.1) is 0 Å². The molecule has 29 heavy (non-hydrogen) atoms. The van der Waals surface area contributed by atoms with Crippen LogP contribution in [-0.4, -0.2) is 31.5 Å². The van der Waals surface area contributed by atoms with Crippen LogP contribution < -0.4 is 9.62 Å². The van der Waals surface area contributed by atoms with Crippen molar-refractivity contribution in [2.75, 3.05) is 21.9 Å². The van der Waals surface area contributed by atoms with E-state index in [9.17, 15) is 23.3 Å². The number of nitrogens with one attached hydrogen (secondary N) is 1. The molecule has 1 aliphatic heterocycles. The first-order valence-corrected chi connectivity index (χ1v) is 11.1. The summed E-state index contributed by atoms with van der Waals surface area (Å²) in [4.78, 5) is 22.8. The highest BCUT2D eigenvalue weighted by Crippen LogP contribution is 2.33. The summed E-state index contributed by atoms with van der Waals surface area (Å²) in [5.41, 5.74) is 1.77. The number of fused-ring (bicyclic) bond motifs is 1. The molecule has 1 amide bonds. The molecule has 0 radical (unpaired) electrons. The van der Waals surface area contributed by atoms with Crippen molar-refractivity contribution in [3.8, 4) is 0 Å². The first-order valence-electron chi connectivity index (χ1n) is 9.11. The third-order valence-corrected chi connectivity index (χ3v) is 6.91. The molecule has 0 fully saturated rings. The van der Waals surface area contributed by atoms with Crippen LogP contribution >= 0.6 is 11.6 Å². The molecule has 1 heterocycles. The summed E-state index contributed by atoms with van der Waals surface area (Å²) in [5.74, 6) is -0.481. The minimum absolute atomic E-state index is 0.0400. The van der Waals surface area contributed by atoms with Crippen molar-refractivity contribution in [2.45, 2.75) is 26.2 Å². The van der Waals surface area contributed by atoms with Crippen molar-refractivity contribution in [2.24, 2.45) is 0 Å². The number of hydrogen-bond donors (Lipinski definition) is 1. The lowest BCUT2D eigenvalue weighted by molar-refractivity contribution is -0.384. The van der Waals surface area contributed by atoms with Crippen molar-refractivity contribution in [3.63, 3.8) is 0 Å². The fourth-order valence-electron chi connectivity index (χ4n) is 3.28. The van der Waals surface area contributed by atoms with Gasteiger partial charge in [-0.05, 0) is 43.0 Å². The highest BCUT2D eigenvalue weighted by Gasteiger charge is 2.27. The highest BCUT2D eigenvalue weighted by molar-refractivity contribution is 7.92. The van der Waals surface area contributed by atoms with E-state index in [0.717, 1.165) is 24.5 Å². The molecule has 0 spiro atoms. The van der Waals surface area contributed by atoms with Gasteiger partial charge in [0.15, 0.2) is 0 Å². The zero-order chi connectivity index (χ0) is 21.2. The molecule has 2 aromatic rings. The first kappa shape index (κ1) is 21.1. The molecule has 2 aromatic carbocycles. The molecule has 3 rings (SSSR count). The number of nitro groups is 1. The van der Waals surface area contributed by atoms with Crippen LogP contribution in [-0.2, 0) is 16.4 Å². The lowest BCUT2D eigenvalue weighted by atomic mass is 10.0. The number of rotatable bonds is 6. The summed E-state index contributed by atoms with van der Waals surface area (Å²) in [6.07, 6.45) is 2.01. The minimum Gasteiger partial charge on any atom is -0.322 e. The third-order valence-electron chi connectivity index (χ3n) is 4.63. The number of non-ortho nitro benzene ring substituents is 1. The van der Waals surface area contributed by atoms with Crippen LogP contribution in [0.4, 0.5) is 17.1 Å². The molecule has 1 N–H and O–H groups in total. The number of nitro benzene ring substituents is 1. The van der Waals surface area contributed by atoms with Gasteiger partial charge < -0.3 is 5.32 Å². The Labute approximate surface area is 173 Å². The van der Waals surface area contributed by atoms with Gasteiger partial charge in [-0.1, -0.05) is 24.6 Å². The van der Waals surface area contributed by atoms with Gasteiger partial charge in [0.1, 0.15) is 0 Å². The van der Waals surface area contributed by atoms with E-state index >= 15 is 0 Å². The molecule has 0 saturated carbocycles. The van der Waals surface area contributed by atoms with Crippen molar-refractivity contribution in [1.29, 1.82) is 0 Å². The molecule has 0 bridgehead atoms. The summed E-state index contributed by atoms with van der Waals surface area (Å²) in [7, 11) is -3.43. The van der Waals surface area contributed by atoms with Crippen molar-refractivity contribution < 1.29 is 18.1 Å². The standard InChI is InChI=1S/C19H20ClN3O5S/c1-2-10-29(27,28)22-9-3-4-13-5-6-14(11-18(13)22)21-19(24)16-8-7-15(23(25)26)12-17(16)20/h5-8,11-12H,2-4,9-10H2,1H3,(H,21,24). The Kier molecular flexibility index (Phi) is 6.09. The summed E-state index contributed by atoms with van der Waals surface area (Å²) in [6.45, 7) is 2.22. The molecule has 0 unspecified atom stereocenters. The zero-order valence-electron chi connectivity index (χ0n) is 15.7. The monoisotopic (exact) mass is 437 g/mol. The number of carbonyl (C=O) groups is 1. The summed E-state index contributed by atoms with van der Waals surface area (Å²) in [5, 5.41) is 13.5. The number of sulfonamides is 1. The number of benzene rings is 2. The van der Waals surface area contributed by atoms with Gasteiger partial charge in [0.05, 0.1) is 26.9 Å². The van der Waals surface area contributed by atoms with Gasteiger partial charge in [-0.25, -0.2) is 8.42 Å². The lowest BCUT2D eigenvalue weighted by Gasteiger charge is -2.31. The Morgan fingerprint density at radius 3 is 2.69 bits per heavy atom. The van der Waals surface area contributed by atoms with Crippen LogP contribution in [0.2, 0.25) is 5.02 Å². The maximum Gasteiger partial charge on any atom is 0.270 e. The Hall–Kier alpha value is -2.65. The number of carbonyl (C=O) groups excluding carboxylic acids is 1. The van der Waals surface area contributed by atoms with E-state index in [1.54, 1.807) is 18.2 Å². The second-order valence-electron chi connectivity index (χ2n) is 6.71. The van der Waals surface area contributed by atoms with Crippen molar-refractivity contribution in [1.82, 2.24) is 0 Å². The number of hydrogen-bond acceptors (Lipinski definition) is 5. The van der Waals surface area contributed by atoms with E-state index in [1.807, 2.05) is 6.92 Å². The second-order valence-corrected chi connectivity index (χ2v) is 9.13. The molecule has 10 heteroatoms. The molecular weight excluding hydrogens is 418 g/mol. The largest absolute Gasteiger partial charge is 0.322 e. The van der Waals surface area contributed by atoms with Crippen LogP contribution in [0, 0.1) is 10.1 Å². The van der Waals surface area contributed by atoms with E-state index in [-0.39, 0.29) is 22.0 Å². The Morgan fingerprint density at radius 2 is 2.03 bits per heavy atom. The van der Waals surface area contributed by atoms with Gasteiger partial charge in [0.2, 0.25) is 10.0 Å². The molecule has 154 valence electrons. The molecular formula is C19H20ClN3O5S. The van der Waals surface area contributed by atoms with E-state index in [2.05, 4.69) is 5.32 Å². The van der Waals surface area contributed by atoms with E-state index in [1.165, 1.54) is 16.4 Å². The van der Waals surface area contributed by atoms with Crippen molar-refractivity contribution >= 4 is 44.6 Å². The fraction of sp³-hybridized carbons (Fsp3) is 0.316. The van der Waals surface area contributed by atoms with E-state index < -0.39 is 20.9 Å². The molecule has 0 aromatic heterocycles. The minimum atomic E-state index is -3.43. The summed E-state index contributed by atoms with van der Waals surface area (Å²) >= 11 is 6.01. The SMILES string of the molecule is CCCS(=O)(=O)N1CCCc2ccc(NC(=O)c3ccc([N+](=O)[O-])cc3Cl)cc21. The summed E-state index contributed by atoms with van der Waals surface area (Å²) < 4.78 is 26.6. The van der Waals surface area contributed by atoms with Crippen LogP contribution in [0.5, 0.6) is 0 Å². The topological polar surface area (TPSA) is 110 Å². The predicted molar refractivity (Wildman–Crippen MR) is 112 cm³/mol. The van der Waals surface area contributed by atoms with E-state index in [4.69, 9.17) is 11.6 Å². The number of nitrogens with zero attached hydrogens (tertiary/aromatic N) is 2. The summed E-state index contributed by atoms with van der Waals surface area (Å²) in [6, 6.07) is 8.74. The smallest absolute Gasteiger partial charge is 0.270 e. The fourth-order valence-corrected chi connectivity index (χ4v) is 5.15. The number of anilines is 2. The van der Waals surface area contributed by atoms with Gasteiger partial charge in [-0.2, -0.15) is 0 Å². The molecule has 0 saturated heterocycles. The lowest BCUT2D eigenvalue weighted by Crippen LogP contribution is -2.37. The van der Waals surface area contributed by atoms with Crippen LogP contribution in [0.3, 0.4) is 0 Å². The highest BCUT2D eigenvalue weighted by atomic mass is 35.5. The van der Waals surface area contributed by atoms with Gasteiger partial charge in [0, 0.05) is 24.4 Å². The van der Waals surface area contributed by atoms with E-state index in [0.29, 0.717) is 24.3 Å². The maximum absolute atomic E-state index is 12.6. The zero-order valence-corrected chi connectivity index (χ0v) is 17.3. The first-order chi connectivity index (χ1) is 13.7. The molecule has 8 nitrogen and oxygen atoms in total. The van der Waals surface area contributed by atoms with Gasteiger partial charge in [0.25, 0.3) is 11.6 Å². The number of aryl methyl sites for hydroxylation is 1. The van der Waals surface area contributed by atoms with Gasteiger partial charge in [-0.3, -0.25) is 19.2 Å². The Bertz CT molecular complexity index is 1070. The normalized spacial score (nSPS) is 13.7. The Morgan fingerprint density at radius 1 is 1.28 bits per heavy atom. The average molecular weight is 438 g/mol. The van der Waals surface area contributed by atoms with Crippen molar-refractivity contribution in [3.05, 3.63) is 62.7 Å². The van der Waals surface area contributed by atoms with Crippen LogP contribution in [0.15, 0.2) is 36.4 Å². The number of amides is 1.